The van der Waals surface area contributed by atoms with Gasteiger partial charge in [-0.15, -0.1) is 11.8 Å². The average Bonchev–Trinajstić information content (AvgIpc) is 3.37. The highest BCUT2D eigenvalue weighted by atomic mass is 32.2. The van der Waals surface area contributed by atoms with Crippen molar-refractivity contribution >= 4 is 35.4 Å². The molecule has 2 saturated heterocycles. The minimum Gasteiger partial charge on any atom is -0.454 e. The summed E-state index contributed by atoms with van der Waals surface area (Å²) in [5.74, 6) is 0.0800. The van der Waals surface area contributed by atoms with Gasteiger partial charge < -0.3 is 19.5 Å². The number of hydrogen-bond donors (Lipinski definition) is 1. The summed E-state index contributed by atoms with van der Waals surface area (Å²) in [5, 5.41) is 6.14. The van der Waals surface area contributed by atoms with E-state index in [4.69, 9.17) is 9.26 Å². The quantitative estimate of drug-likeness (QED) is 0.765. The van der Waals surface area contributed by atoms with Gasteiger partial charge in [-0.25, -0.2) is 4.79 Å². The van der Waals surface area contributed by atoms with Gasteiger partial charge in [-0.05, 0) is 18.9 Å². The molecule has 0 radical (unpaired) electrons. The number of anilines is 1. The Kier molecular flexibility index (Phi) is 4.84. The number of carbonyl (C=O) groups excluding carboxylic acids is 3. The number of thioether (sulfide) groups is 1. The molecule has 0 saturated carbocycles. The number of nitrogens with zero attached hydrogens (tertiary/aromatic N) is 2. The molecule has 2 aromatic rings. The van der Waals surface area contributed by atoms with E-state index < -0.39 is 29.4 Å². The predicted molar refractivity (Wildman–Crippen MR) is 101 cm³/mol. The molecule has 2 aliphatic heterocycles. The van der Waals surface area contributed by atoms with Crippen LogP contribution in [0.5, 0.6) is 0 Å². The van der Waals surface area contributed by atoms with Gasteiger partial charge >= 0.3 is 5.97 Å². The molecule has 2 atom stereocenters. The lowest BCUT2D eigenvalue weighted by molar-refractivity contribution is -0.155. The maximum absolute atomic E-state index is 12.6. The van der Waals surface area contributed by atoms with E-state index >= 15 is 0 Å². The summed E-state index contributed by atoms with van der Waals surface area (Å²) < 4.78 is 10.1. The Bertz CT molecular complexity index is 915. The molecule has 0 aliphatic carbocycles. The van der Waals surface area contributed by atoms with Gasteiger partial charge in [-0.1, -0.05) is 35.5 Å². The van der Waals surface area contributed by atoms with Gasteiger partial charge in [0.15, 0.2) is 12.4 Å². The monoisotopic (exact) mass is 401 g/mol. The molecule has 1 aromatic carbocycles. The zero-order chi connectivity index (χ0) is 19.7. The Labute approximate surface area is 165 Å². The van der Waals surface area contributed by atoms with Crippen molar-refractivity contribution in [1.29, 1.82) is 0 Å². The Morgan fingerprint density at radius 3 is 2.89 bits per heavy atom. The van der Waals surface area contributed by atoms with Crippen LogP contribution in [0.3, 0.4) is 0 Å². The summed E-state index contributed by atoms with van der Waals surface area (Å²) >= 11 is 1.57. The third-order valence-electron chi connectivity index (χ3n) is 4.87. The van der Waals surface area contributed by atoms with E-state index in [1.54, 1.807) is 29.7 Å². The summed E-state index contributed by atoms with van der Waals surface area (Å²) in [6, 6.07) is 10.6. The number of nitrogens with one attached hydrogen (secondary N) is 1. The lowest BCUT2D eigenvalue weighted by Crippen LogP contribution is -2.47. The fourth-order valence-electron chi connectivity index (χ4n) is 3.65. The Morgan fingerprint density at radius 2 is 2.18 bits per heavy atom. The zero-order valence-corrected chi connectivity index (χ0v) is 16.0. The van der Waals surface area contributed by atoms with Gasteiger partial charge in [0, 0.05) is 18.2 Å². The van der Waals surface area contributed by atoms with Crippen molar-refractivity contribution in [2.45, 2.75) is 30.7 Å². The number of esters is 1. The normalized spacial score (nSPS) is 23.5. The lowest BCUT2D eigenvalue weighted by Gasteiger charge is -2.33. The van der Waals surface area contributed by atoms with Crippen LogP contribution in [-0.4, -0.2) is 46.2 Å². The number of rotatable bonds is 5. The van der Waals surface area contributed by atoms with Gasteiger partial charge in [-0.3, -0.25) is 9.59 Å². The van der Waals surface area contributed by atoms with Crippen LogP contribution in [0, 0.1) is 6.92 Å². The number of carbonyl (C=O) groups is 3. The Hall–Kier alpha value is -2.81. The van der Waals surface area contributed by atoms with Crippen LogP contribution in [0.1, 0.15) is 24.2 Å². The van der Waals surface area contributed by atoms with Crippen LogP contribution in [0.2, 0.25) is 0 Å². The summed E-state index contributed by atoms with van der Waals surface area (Å²) in [6.45, 7) is 1.25. The van der Waals surface area contributed by atoms with Crippen molar-refractivity contribution in [2.24, 2.45) is 0 Å². The van der Waals surface area contributed by atoms with Crippen LogP contribution < -0.4 is 5.32 Å². The average molecular weight is 401 g/mol. The van der Waals surface area contributed by atoms with Gasteiger partial charge in [0.25, 0.3) is 5.91 Å². The molecule has 4 rings (SSSR count). The van der Waals surface area contributed by atoms with E-state index in [0.29, 0.717) is 24.4 Å². The number of benzene rings is 1. The van der Waals surface area contributed by atoms with Crippen molar-refractivity contribution < 1.29 is 23.6 Å². The lowest BCUT2D eigenvalue weighted by atomic mass is 10.0. The zero-order valence-electron chi connectivity index (χ0n) is 15.2. The first kappa shape index (κ1) is 18.5. The molecule has 1 aromatic heterocycles. The van der Waals surface area contributed by atoms with Crippen LogP contribution in [0.25, 0.3) is 0 Å². The van der Waals surface area contributed by atoms with Gasteiger partial charge in [-0.2, -0.15) is 0 Å². The minimum absolute atomic E-state index is 0.0710. The highest BCUT2D eigenvalue weighted by Gasteiger charge is 2.57. The van der Waals surface area contributed by atoms with Crippen molar-refractivity contribution in [2.75, 3.05) is 17.7 Å². The maximum Gasteiger partial charge on any atom is 0.330 e. The predicted octanol–water partition coefficient (Wildman–Crippen LogP) is 2.06. The van der Waals surface area contributed by atoms with Crippen molar-refractivity contribution in [3.05, 3.63) is 47.7 Å². The molecule has 8 nitrogen and oxygen atoms in total. The standard InChI is InChI=1S/C19H19N3O5S/c1-12-9-15(21-27-12)20-16(23)10-26-18(25)14-11-28-19(8-7-17(24)22(14)19)13-5-3-2-4-6-13/h2-6,9,14H,7-8,10-11H2,1H3,(H,20,21,23)/t14-,19-/m0/s1. The van der Waals surface area contributed by atoms with Crippen molar-refractivity contribution in [1.82, 2.24) is 10.1 Å². The van der Waals surface area contributed by atoms with Gasteiger partial charge in [0.05, 0.1) is 0 Å². The third kappa shape index (κ3) is 3.26. The molecule has 0 bridgehead atoms. The second-order valence-electron chi connectivity index (χ2n) is 6.72. The summed E-state index contributed by atoms with van der Waals surface area (Å²) in [4.78, 5) is 38.2. The van der Waals surface area contributed by atoms with E-state index in [1.165, 1.54) is 0 Å². The molecule has 28 heavy (non-hydrogen) atoms. The molecule has 9 heteroatoms. The first-order chi connectivity index (χ1) is 13.5. The number of hydrogen-bond acceptors (Lipinski definition) is 7. The molecule has 1 N–H and O–H groups in total. The smallest absolute Gasteiger partial charge is 0.330 e. The maximum atomic E-state index is 12.6. The van der Waals surface area contributed by atoms with Crippen LogP contribution in [0.4, 0.5) is 5.82 Å². The SMILES string of the molecule is Cc1cc(NC(=O)COC(=O)[C@@H]2CS[C@]3(c4ccccc4)CCC(=O)N23)no1. The highest BCUT2D eigenvalue weighted by molar-refractivity contribution is 8.00. The fourth-order valence-corrected chi connectivity index (χ4v) is 5.29. The second-order valence-corrected chi connectivity index (χ2v) is 8.02. The van der Waals surface area contributed by atoms with Crippen molar-refractivity contribution in [3.63, 3.8) is 0 Å². The Morgan fingerprint density at radius 1 is 1.39 bits per heavy atom. The van der Waals surface area contributed by atoms with E-state index in [1.807, 2.05) is 30.3 Å². The number of amides is 2. The van der Waals surface area contributed by atoms with E-state index in [2.05, 4.69) is 10.5 Å². The third-order valence-corrected chi connectivity index (χ3v) is 6.46. The van der Waals surface area contributed by atoms with Crippen molar-refractivity contribution in [3.8, 4) is 0 Å². The molecule has 146 valence electrons. The molecule has 2 fully saturated rings. The fraction of sp³-hybridized carbons (Fsp3) is 0.368. The first-order valence-electron chi connectivity index (χ1n) is 8.91. The number of fused-ring (bicyclic) bond motifs is 1. The highest BCUT2D eigenvalue weighted by Crippen LogP contribution is 2.54. The molecular formula is C19H19N3O5S. The summed E-state index contributed by atoms with van der Waals surface area (Å²) in [5.41, 5.74) is 1.00. The van der Waals surface area contributed by atoms with E-state index in [-0.39, 0.29) is 11.7 Å². The first-order valence-corrected chi connectivity index (χ1v) is 9.89. The van der Waals surface area contributed by atoms with Gasteiger partial charge in [0.2, 0.25) is 5.91 Å². The number of aromatic nitrogens is 1. The van der Waals surface area contributed by atoms with Crippen LogP contribution in [-0.2, 0) is 24.0 Å². The molecular weight excluding hydrogens is 382 g/mol. The van der Waals surface area contributed by atoms with Crippen LogP contribution >= 0.6 is 11.8 Å². The summed E-state index contributed by atoms with van der Waals surface area (Å²) in [7, 11) is 0. The molecule has 3 heterocycles. The molecule has 0 unspecified atom stereocenters. The topological polar surface area (TPSA) is 102 Å². The molecule has 2 aliphatic rings. The number of ether oxygens (including phenoxy) is 1. The number of aryl methyl sites for hydroxylation is 1. The van der Waals surface area contributed by atoms with Crippen LogP contribution in [0.15, 0.2) is 40.9 Å². The molecule has 0 spiro atoms. The van der Waals surface area contributed by atoms with E-state index in [0.717, 1.165) is 5.56 Å². The Balaban J connectivity index is 1.42. The molecule has 2 amide bonds. The minimum atomic E-state index is -0.706. The van der Waals surface area contributed by atoms with E-state index in [9.17, 15) is 14.4 Å². The largest absolute Gasteiger partial charge is 0.454 e. The second kappa shape index (κ2) is 7.31. The summed E-state index contributed by atoms with van der Waals surface area (Å²) in [6.07, 6.45) is 1.04. The van der Waals surface area contributed by atoms with Gasteiger partial charge in [0.1, 0.15) is 16.7 Å².